The number of nitrogens with one attached hydrogen (secondary N) is 1. The van der Waals surface area contributed by atoms with Gasteiger partial charge in [0, 0.05) is 22.7 Å². The maximum Gasteiger partial charge on any atom is 0.247 e. The van der Waals surface area contributed by atoms with Gasteiger partial charge in [0.25, 0.3) is 0 Å². The lowest BCUT2D eigenvalue weighted by Crippen LogP contribution is -2.18. The minimum absolute atomic E-state index is 0.446. The lowest BCUT2D eigenvalue weighted by atomic mass is 10.1. The van der Waals surface area contributed by atoms with Gasteiger partial charge in [0.2, 0.25) is 17.3 Å². The predicted octanol–water partition coefficient (Wildman–Crippen LogP) is 4.25. The summed E-state index contributed by atoms with van der Waals surface area (Å²) in [6, 6.07) is 13.8. The smallest absolute Gasteiger partial charge is 0.247 e. The van der Waals surface area contributed by atoms with Crippen LogP contribution in [0.3, 0.4) is 0 Å². The van der Waals surface area contributed by atoms with Gasteiger partial charge in [-0.15, -0.1) is 10.2 Å². The highest BCUT2D eigenvalue weighted by Gasteiger charge is 2.26. The van der Waals surface area contributed by atoms with Crippen LogP contribution in [0.5, 0.6) is 5.88 Å². The number of thioether (sulfide) groups is 1. The van der Waals surface area contributed by atoms with Gasteiger partial charge in [0.15, 0.2) is 5.69 Å². The molecule has 0 spiro atoms. The number of ether oxygens (including phenoxy) is 1. The van der Waals surface area contributed by atoms with Gasteiger partial charge in [-0.1, -0.05) is 43.0 Å². The van der Waals surface area contributed by atoms with Gasteiger partial charge in [-0.3, -0.25) is 4.98 Å². The molecule has 1 aromatic carbocycles. The van der Waals surface area contributed by atoms with Crippen LogP contribution in [0.25, 0.3) is 11.3 Å². The molecule has 2 aromatic heterocycles. The molecule has 1 atom stereocenters. The average molecular weight is 365 g/mol. The van der Waals surface area contributed by atoms with E-state index in [2.05, 4.69) is 32.4 Å². The molecule has 0 aliphatic carbocycles. The molecule has 4 rings (SSSR count). The minimum atomic E-state index is -0.446. The Morgan fingerprint density at radius 1 is 1.08 bits per heavy atom. The third kappa shape index (κ3) is 3.35. The maximum atomic E-state index is 6.20. The first-order valence-electron chi connectivity index (χ1n) is 8.58. The number of nitrogens with zero attached hydrogens (tertiary/aromatic N) is 4. The molecule has 0 saturated carbocycles. The van der Waals surface area contributed by atoms with Crippen LogP contribution in [-0.2, 0) is 0 Å². The Morgan fingerprint density at radius 3 is 2.81 bits per heavy atom. The summed E-state index contributed by atoms with van der Waals surface area (Å²) >= 11 is 1.58. The van der Waals surface area contributed by atoms with Gasteiger partial charge in [0.1, 0.15) is 5.69 Å². The van der Waals surface area contributed by atoms with Crippen LogP contribution in [0.2, 0.25) is 0 Å². The van der Waals surface area contributed by atoms with Crippen LogP contribution in [0, 0.1) is 6.92 Å². The van der Waals surface area contributed by atoms with Crippen LogP contribution in [0.15, 0.2) is 47.6 Å². The Labute approximate surface area is 156 Å². The molecule has 3 heterocycles. The summed E-state index contributed by atoms with van der Waals surface area (Å²) in [5.74, 6) is 1.42. The van der Waals surface area contributed by atoms with E-state index in [0.717, 1.165) is 34.8 Å². The van der Waals surface area contributed by atoms with E-state index in [9.17, 15) is 0 Å². The molecule has 6 nitrogen and oxygen atoms in total. The highest BCUT2D eigenvalue weighted by atomic mass is 32.2. The number of hydrogen-bond acceptors (Lipinski definition) is 7. The van der Waals surface area contributed by atoms with Crippen LogP contribution in [0.1, 0.15) is 31.0 Å². The molecular formula is C19H19N5OS. The van der Waals surface area contributed by atoms with Crippen molar-refractivity contribution >= 4 is 17.4 Å². The van der Waals surface area contributed by atoms with Crippen LogP contribution in [0.4, 0.5) is 5.69 Å². The molecule has 3 aromatic rings. The summed E-state index contributed by atoms with van der Waals surface area (Å²) in [7, 11) is 0. The first kappa shape index (κ1) is 16.8. The number of rotatable bonds is 4. The van der Waals surface area contributed by atoms with Crippen LogP contribution < -0.4 is 10.1 Å². The number of aromatic nitrogens is 4. The molecule has 1 aliphatic rings. The van der Waals surface area contributed by atoms with Gasteiger partial charge < -0.3 is 10.1 Å². The van der Waals surface area contributed by atoms with Crippen molar-refractivity contribution in [3.63, 3.8) is 0 Å². The number of benzene rings is 1. The van der Waals surface area contributed by atoms with Crippen molar-refractivity contribution in [1.82, 2.24) is 20.2 Å². The van der Waals surface area contributed by atoms with Crippen molar-refractivity contribution in [2.45, 2.75) is 31.7 Å². The topological polar surface area (TPSA) is 72.8 Å². The average Bonchev–Trinajstić information content (AvgIpc) is 2.83. The molecular weight excluding hydrogens is 346 g/mol. The lowest BCUT2D eigenvalue weighted by Gasteiger charge is -2.18. The standard InChI is InChI=1S/C19H19N5OS/c1-3-11-26-19-22-18-16(23-24-19)13-8-4-5-9-14(13)21-17(25-18)15-10-6-7-12(2)20-15/h4-10,17,21H,3,11H2,1-2H3/t17-/m0/s1. The van der Waals surface area contributed by atoms with Crippen molar-refractivity contribution in [1.29, 1.82) is 0 Å². The highest BCUT2D eigenvalue weighted by molar-refractivity contribution is 7.99. The Balaban J connectivity index is 1.79. The fourth-order valence-corrected chi connectivity index (χ4v) is 3.38. The van der Waals surface area contributed by atoms with Crippen molar-refractivity contribution in [2.24, 2.45) is 0 Å². The zero-order valence-corrected chi connectivity index (χ0v) is 15.5. The van der Waals surface area contributed by atoms with E-state index in [4.69, 9.17) is 4.74 Å². The molecule has 0 amide bonds. The number of aryl methyl sites for hydroxylation is 1. The van der Waals surface area contributed by atoms with Crippen molar-refractivity contribution in [2.75, 3.05) is 11.1 Å². The van der Waals surface area contributed by atoms with E-state index < -0.39 is 6.23 Å². The Bertz CT molecular complexity index is 933. The van der Waals surface area contributed by atoms with Gasteiger partial charge in [-0.25, -0.2) is 0 Å². The number of para-hydroxylation sites is 1. The molecule has 0 saturated heterocycles. The summed E-state index contributed by atoms with van der Waals surface area (Å²) in [6.45, 7) is 4.09. The highest BCUT2D eigenvalue weighted by Crippen LogP contribution is 2.39. The SMILES string of the molecule is CCCSc1nnc2c(n1)O[C@@H](c1cccc(C)n1)Nc1ccccc1-2. The van der Waals surface area contributed by atoms with E-state index in [1.54, 1.807) is 11.8 Å². The number of anilines is 1. The molecule has 26 heavy (non-hydrogen) atoms. The summed E-state index contributed by atoms with van der Waals surface area (Å²) in [6.07, 6.45) is 0.602. The number of pyridine rings is 1. The molecule has 0 radical (unpaired) electrons. The zero-order chi connectivity index (χ0) is 17.9. The minimum Gasteiger partial charge on any atom is -0.446 e. The molecule has 1 N–H and O–H groups in total. The van der Waals surface area contributed by atoms with E-state index in [0.29, 0.717) is 16.7 Å². The Hall–Kier alpha value is -2.67. The Morgan fingerprint density at radius 2 is 1.96 bits per heavy atom. The molecule has 0 unspecified atom stereocenters. The first-order chi connectivity index (χ1) is 12.7. The second kappa shape index (κ2) is 7.29. The molecule has 0 fully saturated rings. The van der Waals surface area contributed by atoms with Gasteiger partial charge in [0.05, 0.1) is 0 Å². The van der Waals surface area contributed by atoms with Crippen molar-refractivity contribution in [3.8, 4) is 17.1 Å². The second-order valence-electron chi connectivity index (χ2n) is 5.99. The lowest BCUT2D eigenvalue weighted by molar-refractivity contribution is 0.220. The third-order valence-corrected chi connectivity index (χ3v) is 4.99. The first-order valence-corrected chi connectivity index (χ1v) is 9.57. The molecule has 1 aliphatic heterocycles. The number of hydrogen-bond donors (Lipinski definition) is 1. The summed E-state index contributed by atoms with van der Waals surface area (Å²) < 4.78 is 6.20. The quantitative estimate of drug-likeness (QED) is 0.693. The third-order valence-electron chi connectivity index (χ3n) is 3.95. The fraction of sp³-hybridized carbons (Fsp3) is 0.263. The molecule has 0 bridgehead atoms. The van der Waals surface area contributed by atoms with Crippen LogP contribution in [-0.4, -0.2) is 25.9 Å². The normalized spacial score (nSPS) is 15.2. The van der Waals surface area contributed by atoms with Crippen LogP contribution >= 0.6 is 11.8 Å². The van der Waals surface area contributed by atoms with E-state index in [1.165, 1.54) is 0 Å². The monoisotopic (exact) mass is 365 g/mol. The van der Waals surface area contributed by atoms with E-state index in [-0.39, 0.29) is 0 Å². The molecule has 132 valence electrons. The summed E-state index contributed by atoms with van der Waals surface area (Å²) in [4.78, 5) is 9.21. The number of fused-ring (bicyclic) bond motifs is 3. The summed E-state index contributed by atoms with van der Waals surface area (Å²) in [5.41, 5.74) is 4.22. The van der Waals surface area contributed by atoms with E-state index >= 15 is 0 Å². The largest absolute Gasteiger partial charge is 0.446 e. The summed E-state index contributed by atoms with van der Waals surface area (Å²) in [5, 5.41) is 12.7. The molecule has 7 heteroatoms. The maximum absolute atomic E-state index is 6.20. The predicted molar refractivity (Wildman–Crippen MR) is 102 cm³/mol. The second-order valence-corrected chi connectivity index (χ2v) is 7.05. The van der Waals surface area contributed by atoms with Gasteiger partial charge in [-0.05, 0) is 31.5 Å². The van der Waals surface area contributed by atoms with Crippen molar-refractivity contribution in [3.05, 3.63) is 53.9 Å². The van der Waals surface area contributed by atoms with Crippen molar-refractivity contribution < 1.29 is 4.74 Å². The Kier molecular flexibility index (Phi) is 4.71. The van der Waals surface area contributed by atoms with Gasteiger partial charge >= 0.3 is 0 Å². The van der Waals surface area contributed by atoms with Gasteiger partial charge in [-0.2, -0.15) is 4.98 Å². The fourth-order valence-electron chi connectivity index (χ4n) is 2.75. The van der Waals surface area contributed by atoms with E-state index in [1.807, 2.05) is 49.4 Å². The zero-order valence-electron chi connectivity index (χ0n) is 14.6.